The van der Waals surface area contributed by atoms with Gasteiger partial charge in [0.15, 0.2) is 0 Å². The second kappa shape index (κ2) is 4.80. The Balaban J connectivity index is 1.78. The highest BCUT2D eigenvalue weighted by molar-refractivity contribution is 6.14. The number of rotatable bonds is 1. The van der Waals surface area contributed by atoms with Crippen LogP contribution in [0.3, 0.4) is 0 Å². The van der Waals surface area contributed by atoms with Crippen LogP contribution in [-0.2, 0) is 15.0 Å². The first-order valence-electron chi connectivity index (χ1n) is 8.05. The Labute approximate surface area is 143 Å². The summed E-state index contributed by atoms with van der Waals surface area (Å²) < 4.78 is 1.67. The van der Waals surface area contributed by atoms with Crippen LogP contribution in [0, 0.1) is 0 Å². The van der Waals surface area contributed by atoms with E-state index in [-0.39, 0.29) is 18.2 Å². The first-order chi connectivity index (χ1) is 12.2. The van der Waals surface area contributed by atoms with E-state index < -0.39 is 5.41 Å². The SMILES string of the molecule is O=C1C[C@@]2(C(=O)Nc3ccccc32)c2cnn(-c3ccccc3)c2N1. The minimum absolute atomic E-state index is 0.0727. The van der Waals surface area contributed by atoms with Crippen LogP contribution in [0.1, 0.15) is 17.5 Å². The van der Waals surface area contributed by atoms with Gasteiger partial charge in [0.05, 0.1) is 11.9 Å². The van der Waals surface area contributed by atoms with Crippen molar-refractivity contribution in [3.05, 3.63) is 71.9 Å². The maximum absolute atomic E-state index is 12.9. The van der Waals surface area contributed by atoms with Gasteiger partial charge in [-0.25, -0.2) is 4.68 Å². The molecule has 6 heteroatoms. The highest BCUT2D eigenvalue weighted by Crippen LogP contribution is 2.49. The van der Waals surface area contributed by atoms with Gasteiger partial charge in [-0.15, -0.1) is 0 Å². The molecule has 0 bridgehead atoms. The lowest BCUT2D eigenvalue weighted by Crippen LogP contribution is -2.43. The maximum Gasteiger partial charge on any atom is 0.240 e. The molecule has 5 rings (SSSR count). The molecule has 2 aliphatic heterocycles. The van der Waals surface area contributed by atoms with Crippen molar-refractivity contribution in [2.75, 3.05) is 10.6 Å². The Morgan fingerprint density at radius 2 is 1.68 bits per heavy atom. The summed E-state index contributed by atoms with van der Waals surface area (Å²) in [6, 6.07) is 17.0. The van der Waals surface area contributed by atoms with Gasteiger partial charge in [0.1, 0.15) is 11.2 Å². The lowest BCUT2D eigenvalue weighted by atomic mass is 9.72. The summed E-state index contributed by atoms with van der Waals surface area (Å²) in [6.07, 6.45) is 1.76. The van der Waals surface area contributed by atoms with E-state index in [1.165, 1.54) is 0 Å². The second-order valence-electron chi connectivity index (χ2n) is 6.28. The molecule has 2 amide bonds. The van der Waals surface area contributed by atoms with E-state index in [4.69, 9.17) is 0 Å². The number of hydrogen-bond donors (Lipinski definition) is 2. The molecule has 0 saturated carbocycles. The van der Waals surface area contributed by atoms with E-state index in [9.17, 15) is 9.59 Å². The van der Waals surface area contributed by atoms with Crippen molar-refractivity contribution in [3.63, 3.8) is 0 Å². The van der Waals surface area contributed by atoms with Crippen molar-refractivity contribution in [1.29, 1.82) is 0 Å². The van der Waals surface area contributed by atoms with E-state index in [0.29, 0.717) is 5.82 Å². The number of carbonyl (C=O) groups is 2. The van der Waals surface area contributed by atoms with E-state index >= 15 is 0 Å². The molecule has 2 aromatic carbocycles. The molecular weight excluding hydrogens is 316 g/mol. The number of nitrogens with one attached hydrogen (secondary N) is 2. The molecule has 2 N–H and O–H groups in total. The second-order valence-corrected chi connectivity index (χ2v) is 6.28. The average Bonchev–Trinajstić information content (AvgIpc) is 3.16. The van der Waals surface area contributed by atoms with Crippen LogP contribution in [0.2, 0.25) is 0 Å². The van der Waals surface area contributed by atoms with Gasteiger partial charge in [0.2, 0.25) is 11.8 Å². The summed E-state index contributed by atoms with van der Waals surface area (Å²) in [6.45, 7) is 0. The number of nitrogens with zero attached hydrogens (tertiary/aromatic N) is 2. The number of aromatic nitrogens is 2. The topological polar surface area (TPSA) is 76.0 Å². The fourth-order valence-corrected chi connectivity index (χ4v) is 3.82. The van der Waals surface area contributed by atoms with Crippen LogP contribution in [0.15, 0.2) is 60.8 Å². The van der Waals surface area contributed by atoms with E-state index in [2.05, 4.69) is 15.7 Å². The highest BCUT2D eigenvalue weighted by Gasteiger charge is 2.54. The standard InChI is InChI=1S/C19H14N4O2/c24-16-10-19(13-8-4-5-9-15(13)21-18(19)25)14-11-20-23(17(14)22-16)12-6-2-1-3-7-12/h1-9,11H,10H2,(H,21,25)(H,22,24)/t19-/m0/s1. The molecule has 122 valence electrons. The molecule has 3 aromatic rings. The molecule has 1 aromatic heterocycles. The summed E-state index contributed by atoms with van der Waals surface area (Å²) in [5.41, 5.74) is 2.09. The molecule has 0 aliphatic carbocycles. The van der Waals surface area contributed by atoms with Gasteiger partial charge in [0, 0.05) is 17.7 Å². The number of para-hydroxylation sites is 2. The Morgan fingerprint density at radius 1 is 0.920 bits per heavy atom. The number of benzene rings is 2. The molecule has 3 heterocycles. The first-order valence-corrected chi connectivity index (χ1v) is 8.05. The third-order valence-electron chi connectivity index (χ3n) is 4.94. The molecule has 6 nitrogen and oxygen atoms in total. The van der Waals surface area contributed by atoms with Crippen molar-refractivity contribution in [1.82, 2.24) is 9.78 Å². The normalized spacial score (nSPS) is 20.8. The monoisotopic (exact) mass is 330 g/mol. The first kappa shape index (κ1) is 14.0. The molecule has 25 heavy (non-hydrogen) atoms. The third kappa shape index (κ3) is 1.76. The zero-order valence-corrected chi connectivity index (χ0v) is 13.2. The van der Waals surface area contributed by atoms with Gasteiger partial charge in [0.25, 0.3) is 0 Å². The highest BCUT2D eigenvalue weighted by atomic mass is 16.2. The molecule has 0 fully saturated rings. The predicted octanol–water partition coefficient (Wildman–Crippen LogP) is 2.45. The average molecular weight is 330 g/mol. The fourth-order valence-electron chi connectivity index (χ4n) is 3.82. The summed E-state index contributed by atoms with van der Waals surface area (Å²) >= 11 is 0. The third-order valence-corrected chi connectivity index (χ3v) is 4.94. The lowest BCUT2D eigenvalue weighted by Gasteiger charge is -2.31. The molecule has 1 atom stereocenters. The Kier molecular flexibility index (Phi) is 2.68. The summed E-state index contributed by atoms with van der Waals surface area (Å²) in [5, 5.41) is 10.3. The van der Waals surface area contributed by atoms with Crippen molar-refractivity contribution < 1.29 is 9.59 Å². The predicted molar refractivity (Wildman–Crippen MR) is 92.7 cm³/mol. The fraction of sp³-hybridized carbons (Fsp3) is 0.105. The van der Waals surface area contributed by atoms with Crippen molar-refractivity contribution in [3.8, 4) is 5.69 Å². The van der Waals surface area contributed by atoms with Gasteiger partial charge in [-0.05, 0) is 23.8 Å². The quantitative estimate of drug-likeness (QED) is 0.719. The zero-order chi connectivity index (χ0) is 17.0. The lowest BCUT2D eigenvalue weighted by molar-refractivity contribution is -0.125. The van der Waals surface area contributed by atoms with Crippen LogP contribution >= 0.6 is 0 Å². The maximum atomic E-state index is 12.9. The van der Waals surface area contributed by atoms with Gasteiger partial charge in [-0.3, -0.25) is 9.59 Å². The number of hydrogen-bond acceptors (Lipinski definition) is 3. The number of carbonyl (C=O) groups excluding carboxylic acids is 2. The van der Waals surface area contributed by atoms with Crippen LogP contribution < -0.4 is 10.6 Å². The molecule has 0 unspecified atom stereocenters. The molecule has 0 radical (unpaired) electrons. The Morgan fingerprint density at radius 3 is 2.52 bits per heavy atom. The van der Waals surface area contributed by atoms with Gasteiger partial charge >= 0.3 is 0 Å². The van der Waals surface area contributed by atoms with Crippen LogP contribution in [0.4, 0.5) is 11.5 Å². The zero-order valence-electron chi connectivity index (χ0n) is 13.2. The smallest absolute Gasteiger partial charge is 0.240 e. The van der Waals surface area contributed by atoms with Gasteiger partial charge in [-0.2, -0.15) is 5.10 Å². The van der Waals surface area contributed by atoms with Gasteiger partial charge < -0.3 is 10.6 Å². The largest absolute Gasteiger partial charge is 0.325 e. The number of anilines is 2. The van der Waals surface area contributed by atoms with Gasteiger partial charge in [-0.1, -0.05) is 36.4 Å². The van der Waals surface area contributed by atoms with E-state index in [1.54, 1.807) is 10.9 Å². The molecule has 2 aliphatic rings. The minimum atomic E-state index is -1.03. The molecule has 0 saturated heterocycles. The Bertz CT molecular complexity index is 1020. The summed E-state index contributed by atoms with van der Waals surface area (Å²) in [7, 11) is 0. The van der Waals surface area contributed by atoms with E-state index in [0.717, 1.165) is 22.5 Å². The van der Waals surface area contributed by atoms with Crippen molar-refractivity contribution >= 4 is 23.3 Å². The van der Waals surface area contributed by atoms with Crippen LogP contribution in [0.5, 0.6) is 0 Å². The molecular formula is C19H14N4O2. The Hall–Kier alpha value is -3.41. The van der Waals surface area contributed by atoms with Crippen molar-refractivity contribution in [2.45, 2.75) is 11.8 Å². The minimum Gasteiger partial charge on any atom is -0.325 e. The number of fused-ring (bicyclic) bond motifs is 4. The van der Waals surface area contributed by atoms with Crippen LogP contribution in [0.25, 0.3) is 5.69 Å². The van der Waals surface area contributed by atoms with E-state index in [1.807, 2.05) is 54.6 Å². The summed E-state index contributed by atoms with van der Waals surface area (Å²) in [4.78, 5) is 25.4. The summed E-state index contributed by atoms with van der Waals surface area (Å²) in [5.74, 6) is 0.170. The molecule has 1 spiro atoms. The number of amides is 2. The van der Waals surface area contributed by atoms with Crippen molar-refractivity contribution in [2.24, 2.45) is 0 Å². The van der Waals surface area contributed by atoms with Crippen LogP contribution in [-0.4, -0.2) is 21.6 Å².